The Labute approximate surface area is 544 Å². The third-order valence-electron chi connectivity index (χ3n) is 13.9. The highest BCUT2D eigenvalue weighted by atomic mass is 32.3. The zero-order valence-electron chi connectivity index (χ0n) is 45.9. The summed E-state index contributed by atoms with van der Waals surface area (Å²) in [4.78, 5) is -11.7. The van der Waals surface area contributed by atoms with Gasteiger partial charge >= 0.3 is 0 Å². The van der Waals surface area contributed by atoms with Crippen molar-refractivity contribution >= 4 is 182 Å². The predicted octanol–water partition coefficient (Wildman–Crippen LogP) is 3.57. The van der Waals surface area contributed by atoms with Crippen molar-refractivity contribution in [1.29, 1.82) is 0 Å². The summed E-state index contributed by atoms with van der Waals surface area (Å²) in [6, 6.07) is 4.52. The van der Waals surface area contributed by atoms with Crippen molar-refractivity contribution in [2.75, 3.05) is 4.90 Å². The van der Waals surface area contributed by atoms with Crippen molar-refractivity contribution in [3.8, 4) is 22.3 Å². The van der Waals surface area contributed by atoms with E-state index < -0.39 is 273 Å². The van der Waals surface area contributed by atoms with E-state index in [0.717, 1.165) is 0 Å². The van der Waals surface area contributed by atoms with E-state index in [-0.39, 0.29) is 60.7 Å². The molecule has 12 N–H and O–H groups in total. The largest absolute Gasteiger partial charge is 0.297 e. The van der Waals surface area contributed by atoms with E-state index >= 15 is 13.2 Å². The molecule has 9 aromatic rings. The van der Waals surface area contributed by atoms with Crippen LogP contribution in [0.2, 0.25) is 0 Å². The van der Waals surface area contributed by atoms with E-state index in [1.165, 1.54) is 0 Å². The molecule has 0 aliphatic heterocycles. The lowest BCUT2D eigenvalue weighted by Gasteiger charge is -2.32. The molecule has 0 atom stereocenters. The van der Waals surface area contributed by atoms with Crippen molar-refractivity contribution in [3.05, 3.63) is 121 Å². The Hall–Kier alpha value is -7.59. The third-order valence-corrected chi connectivity index (χ3v) is 24.8. The lowest BCUT2D eigenvalue weighted by molar-refractivity contribution is 0.0998. The third kappa shape index (κ3) is 13.2. The summed E-state index contributed by atoms with van der Waals surface area (Å²) in [5, 5.41) is -13.3. The van der Waals surface area contributed by atoms with Crippen molar-refractivity contribution in [2.45, 2.75) is 58.7 Å². The first kappa shape index (κ1) is 73.7. The molecule has 9 aromatic carbocycles. The van der Waals surface area contributed by atoms with Crippen molar-refractivity contribution in [2.24, 2.45) is 0 Å². The number of hydrogen-bond donors (Lipinski definition) is 12. The summed E-state index contributed by atoms with van der Waals surface area (Å²) in [5.74, 6) is -2.99. The number of hydrogen-bond acceptors (Lipinski definition) is 25. The molecular weight excluding hydrogens is 1560 g/mol. The summed E-state index contributed by atoms with van der Waals surface area (Å²) in [7, 11) is -79.6. The second-order valence-electron chi connectivity index (χ2n) is 19.7. The van der Waals surface area contributed by atoms with Crippen LogP contribution in [-0.2, 0) is 121 Å². The first-order valence-electron chi connectivity index (χ1n) is 24.3. The zero-order chi connectivity index (χ0) is 73.2. The summed E-state index contributed by atoms with van der Waals surface area (Å²) < 4.78 is 464. The molecule has 0 aliphatic carbocycles. The van der Waals surface area contributed by atoms with Gasteiger partial charge in [0.05, 0.1) is 11.4 Å². The van der Waals surface area contributed by atoms with Gasteiger partial charge in [0, 0.05) is 65.3 Å². The molecule has 0 fully saturated rings. The van der Waals surface area contributed by atoms with Crippen LogP contribution in [0.5, 0.6) is 0 Å². The number of fused-ring (bicyclic) bond motifs is 4. The molecule has 9 rings (SSSR count). The molecule has 0 saturated heterocycles. The van der Waals surface area contributed by atoms with Gasteiger partial charge in [0.2, 0.25) is 0 Å². The number of anilines is 2. The molecule has 1 amide bonds. The Morgan fingerprint density at radius 3 is 0.907 bits per heavy atom. The fourth-order valence-electron chi connectivity index (χ4n) is 10.7. The highest BCUT2D eigenvalue weighted by molar-refractivity contribution is 7.90. The van der Waals surface area contributed by atoms with E-state index in [1.807, 2.05) is 0 Å². The molecule has 0 saturated carbocycles. The number of nitrogens with zero attached hydrogens (tertiary/aromatic N) is 1. The van der Waals surface area contributed by atoms with Gasteiger partial charge in [-0.3, -0.25) is 64.3 Å². The van der Waals surface area contributed by atoms with E-state index in [1.54, 1.807) is 0 Å². The molecule has 50 heteroatoms. The minimum absolute atomic E-state index is 0.0167. The van der Waals surface area contributed by atoms with Crippen LogP contribution in [0, 0.1) is 0 Å². The maximum atomic E-state index is 16.8. The van der Waals surface area contributed by atoms with Gasteiger partial charge in [-0.1, -0.05) is 66.7 Å². The van der Waals surface area contributed by atoms with Crippen LogP contribution in [0.15, 0.2) is 174 Å². The Morgan fingerprint density at radius 1 is 0.247 bits per heavy atom. The van der Waals surface area contributed by atoms with Crippen molar-refractivity contribution < 1.29 is 160 Å². The molecule has 0 radical (unpaired) electrons. The molecule has 38 nitrogen and oxygen atoms in total. The topological polar surface area (TPSA) is 673 Å². The lowest BCUT2D eigenvalue weighted by atomic mass is 9.93. The van der Waals surface area contributed by atoms with Gasteiger partial charge < -0.3 is 0 Å². The maximum absolute atomic E-state index is 16.8. The van der Waals surface area contributed by atoms with E-state index in [4.69, 9.17) is 0 Å². The Balaban J connectivity index is 1.78. The van der Waals surface area contributed by atoms with Crippen LogP contribution in [0.25, 0.3) is 65.3 Å². The van der Waals surface area contributed by atoms with E-state index in [2.05, 4.69) is 0 Å². The maximum Gasteiger partial charge on any atom is 0.297 e. The van der Waals surface area contributed by atoms with E-state index in [0.29, 0.717) is 54.6 Å². The molecule has 0 aliphatic rings. The molecule has 97 heavy (non-hydrogen) atoms. The van der Waals surface area contributed by atoms with Gasteiger partial charge in [-0.15, -0.1) is 0 Å². The van der Waals surface area contributed by atoms with Crippen LogP contribution in [0.3, 0.4) is 0 Å². The number of rotatable bonds is 17. The van der Waals surface area contributed by atoms with Crippen molar-refractivity contribution in [3.63, 3.8) is 0 Å². The molecule has 0 bridgehead atoms. The summed E-state index contributed by atoms with van der Waals surface area (Å²) in [6.45, 7) is 0. The Bertz CT molecular complexity index is 6660. The molecule has 0 spiro atoms. The number of carbonyl (C=O) groups excluding carboxylic acids is 1. The fraction of sp³-hybridized carbons (Fsp3) is 0. The molecule has 0 unspecified atom stereocenters. The SMILES string of the molecule is O=C(c1ccccc1-c1c(S(=O)(=O)O)cc2c(S(=O)(=O)O)cccc2c1S(=O)(=O)O)N(c1c(S(=O)(=O)O)cc2c(S(=O)(=O)O)cccc2c1S(=O)(=O)O)c1c(S(=O)(=O)O)c(-c2c(S(=O)(=O)O)cc3c(S(=O)(=O)O)cccc3c2S(=O)(=O)O)c2c(S(=O)(=O)O)cccc2c1S(=O)(=O)O. The average molecular weight is 1590 g/mol. The van der Waals surface area contributed by atoms with Gasteiger partial charge in [0.15, 0.2) is 0 Å². The Kier molecular flexibility index (Phi) is 17.7. The second kappa shape index (κ2) is 23.3. The molecule has 0 heterocycles. The number of amides is 1. The quantitative estimate of drug-likeness (QED) is 0.0580. The first-order valence-corrected chi connectivity index (χ1v) is 41.6. The summed E-state index contributed by atoms with van der Waals surface area (Å²) in [5.41, 5.74) is -16.5. The highest BCUT2D eigenvalue weighted by Gasteiger charge is 2.47. The minimum Gasteiger partial charge on any atom is -0.282 e. The number of benzene rings is 9. The van der Waals surface area contributed by atoms with E-state index in [9.17, 15) is 147 Å². The van der Waals surface area contributed by atoms with Crippen LogP contribution in [-0.4, -0.2) is 162 Å². The van der Waals surface area contributed by atoms with Crippen LogP contribution in [0.1, 0.15) is 10.4 Å². The molecular formula is C47H31NO37S12. The lowest BCUT2D eigenvalue weighted by Crippen LogP contribution is -2.33. The van der Waals surface area contributed by atoms with Gasteiger partial charge in [-0.2, -0.15) is 101 Å². The fourth-order valence-corrected chi connectivity index (χ4v) is 20.5. The van der Waals surface area contributed by atoms with Gasteiger partial charge in [0.1, 0.15) is 58.7 Å². The van der Waals surface area contributed by atoms with Crippen LogP contribution in [0.4, 0.5) is 11.4 Å². The number of carbonyl (C=O) groups is 1. The standard InChI is InChI=1S/C47H31NO37S12/c49-47(24-8-2-1-7-20(24)37-33(90(62,63)64)17-26-21(42(37)93(71,72)73)9-3-13-29(26)86(50,51)52)48(40-35(92(68,69)70)19-28-23(44(40)95(77,78)79)11-5-15-31(28)88(56,57)58)41-45(96(80,81)82)25-12-6-16-32(89(59,60)61)36(25)39(46(41)97(83,84)85)38-34(91(65,66)67)18-27-22(43(38)94(74,75)76)10-4-14-30(27)87(53,54)55/h1-19H,(H,50,51,52)(H,53,54,55)(H,56,57,58)(H,59,60,61)(H,62,63,64)(H,65,66,67)(H,68,69,70)(H,71,72,73)(H,74,75,76)(H,77,78,79)(H,80,81,82)(H,83,84,85). The monoisotopic (exact) mass is 1580 g/mol. The van der Waals surface area contributed by atoms with Crippen LogP contribution >= 0.6 is 0 Å². The smallest absolute Gasteiger partial charge is 0.282 e. The first-order chi connectivity index (χ1) is 43.7. The van der Waals surface area contributed by atoms with Gasteiger partial charge in [-0.25, -0.2) is 0 Å². The zero-order valence-corrected chi connectivity index (χ0v) is 55.7. The molecule has 0 aromatic heterocycles. The highest BCUT2D eigenvalue weighted by Crippen LogP contribution is 2.56. The van der Waals surface area contributed by atoms with Gasteiger partial charge in [0.25, 0.3) is 127 Å². The minimum atomic E-state index is -7.61. The second-order valence-corrected chi connectivity index (χ2v) is 36.2. The normalized spacial score (nSPS) is 13.8. The summed E-state index contributed by atoms with van der Waals surface area (Å²) >= 11 is 0. The summed E-state index contributed by atoms with van der Waals surface area (Å²) in [6.07, 6.45) is 0. The van der Waals surface area contributed by atoms with Crippen molar-refractivity contribution in [1.82, 2.24) is 0 Å². The van der Waals surface area contributed by atoms with Gasteiger partial charge in [-0.05, 0) is 54.1 Å². The predicted molar refractivity (Wildman–Crippen MR) is 324 cm³/mol. The molecule has 518 valence electrons. The average Bonchev–Trinajstić information content (AvgIpc) is 0.690. The van der Waals surface area contributed by atoms with Crippen LogP contribution < -0.4 is 4.90 Å². The Morgan fingerprint density at radius 2 is 0.546 bits per heavy atom.